The number of thiocarbonyl (C=S) groups is 1. The molecule has 3 aromatic rings. The summed E-state index contributed by atoms with van der Waals surface area (Å²) < 4.78 is 7.88. The number of hydrogen-bond donors (Lipinski definition) is 0. The van der Waals surface area contributed by atoms with Crippen molar-refractivity contribution in [3.05, 3.63) is 70.8 Å². The maximum atomic E-state index is 13.0. The van der Waals surface area contributed by atoms with E-state index in [4.69, 9.17) is 22.1 Å². The van der Waals surface area contributed by atoms with Gasteiger partial charge in [-0.3, -0.25) is 9.69 Å². The molecule has 0 bridgehead atoms. The fourth-order valence-electron chi connectivity index (χ4n) is 3.61. The molecule has 0 spiro atoms. The quantitative estimate of drug-likeness (QED) is 0.325. The number of nitrogens with zero attached hydrogens (tertiary/aromatic N) is 3. The molecule has 0 unspecified atom stereocenters. The minimum absolute atomic E-state index is 0.0298. The first-order chi connectivity index (χ1) is 15.5. The molecule has 1 fully saturated rings. The van der Waals surface area contributed by atoms with E-state index in [0.29, 0.717) is 15.8 Å². The predicted molar refractivity (Wildman–Crippen MR) is 135 cm³/mol. The zero-order valence-electron chi connectivity index (χ0n) is 18.4. The van der Waals surface area contributed by atoms with Gasteiger partial charge in [0.2, 0.25) is 0 Å². The highest BCUT2D eigenvalue weighted by Gasteiger charge is 2.31. The molecule has 2 heterocycles. The maximum Gasteiger partial charge on any atom is 0.266 e. The second kappa shape index (κ2) is 9.71. The van der Waals surface area contributed by atoms with Crippen LogP contribution in [0.5, 0.6) is 5.75 Å². The Bertz CT molecular complexity index is 1190. The van der Waals surface area contributed by atoms with Gasteiger partial charge >= 0.3 is 0 Å². The minimum atomic E-state index is -0.0298. The number of hydrogen-bond acceptors (Lipinski definition) is 5. The molecule has 0 radical (unpaired) electrons. The number of methoxy groups -OCH3 is 1. The van der Waals surface area contributed by atoms with Crippen molar-refractivity contribution in [3.8, 4) is 22.7 Å². The fraction of sp³-hybridized carbons (Fsp3) is 0.240. The Hall–Kier alpha value is -2.90. The first kappa shape index (κ1) is 22.3. The van der Waals surface area contributed by atoms with Gasteiger partial charge < -0.3 is 4.74 Å². The molecular formula is C25H25N3O2S2. The Labute approximate surface area is 198 Å². The van der Waals surface area contributed by atoms with Crippen molar-refractivity contribution >= 4 is 40.3 Å². The van der Waals surface area contributed by atoms with Crippen molar-refractivity contribution in [2.24, 2.45) is 0 Å². The van der Waals surface area contributed by atoms with Crippen LogP contribution in [0.15, 0.2) is 59.6 Å². The fourth-order valence-corrected chi connectivity index (χ4v) is 4.91. The van der Waals surface area contributed by atoms with Crippen LogP contribution < -0.4 is 4.74 Å². The molecule has 1 aliphatic rings. The molecule has 7 heteroatoms. The normalized spacial score (nSPS) is 15.1. The SMILES string of the molecule is CCCCN1C(=O)/C(=C\c2cn(-c3ccccc3)nc2-c2ccc(OC)c(C)c2)SC1=S. The number of carbonyl (C=O) groups is 1. The second-order valence-corrected chi connectivity index (χ2v) is 9.26. The van der Waals surface area contributed by atoms with Gasteiger partial charge in [-0.1, -0.05) is 55.5 Å². The van der Waals surface area contributed by atoms with Crippen LogP contribution in [0.1, 0.15) is 30.9 Å². The summed E-state index contributed by atoms with van der Waals surface area (Å²) in [6.45, 7) is 4.77. The van der Waals surface area contributed by atoms with E-state index in [1.165, 1.54) is 11.8 Å². The molecule has 1 aliphatic heterocycles. The molecule has 0 atom stereocenters. The third-order valence-electron chi connectivity index (χ3n) is 5.33. The average Bonchev–Trinajstić information content (AvgIpc) is 3.34. The molecule has 5 nitrogen and oxygen atoms in total. The summed E-state index contributed by atoms with van der Waals surface area (Å²) in [4.78, 5) is 15.3. The molecule has 1 amide bonds. The summed E-state index contributed by atoms with van der Waals surface area (Å²) in [7, 11) is 1.66. The summed E-state index contributed by atoms with van der Waals surface area (Å²) in [5.41, 5.74) is 4.61. The summed E-state index contributed by atoms with van der Waals surface area (Å²) >= 11 is 6.83. The summed E-state index contributed by atoms with van der Waals surface area (Å²) in [5.74, 6) is 0.798. The highest BCUT2D eigenvalue weighted by atomic mass is 32.2. The molecule has 1 aromatic heterocycles. The van der Waals surface area contributed by atoms with E-state index in [1.54, 1.807) is 12.0 Å². The van der Waals surface area contributed by atoms with Gasteiger partial charge in [0.05, 0.1) is 17.7 Å². The Morgan fingerprint density at radius 3 is 2.66 bits per heavy atom. The zero-order valence-corrected chi connectivity index (χ0v) is 20.0. The van der Waals surface area contributed by atoms with Crippen molar-refractivity contribution in [3.63, 3.8) is 0 Å². The number of benzene rings is 2. The van der Waals surface area contributed by atoms with Crippen molar-refractivity contribution in [1.29, 1.82) is 0 Å². The maximum absolute atomic E-state index is 13.0. The molecule has 32 heavy (non-hydrogen) atoms. The Morgan fingerprint density at radius 1 is 1.19 bits per heavy atom. The van der Waals surface area contributed by atoms with Crippen LogP contribution >= 0.6 is 24.0 Å². The Morgan fingerprint density at radius 2 is 1.97 bits per heavy atom. The summed E-state index contributed by atoms with van der Waals surface area (Å²) in [5, 5.41) is 4.87. The molecule has 0 saturated carbocycles. The van der Waals surface area contributed by atoms with Crippen molar-refractivity contribution in [2.75, 3.05) is 13.7 Å². The van der Waals surface area contributed by atoms with Crippen LogP contribution in [0.4, 0.5) is 0 Å². The lowest BCUT2D eigenvalue weighted by molar-refractivity contribution is -0.122. The van der Waals surface area contributed by atoms with E-state index in [0.717, 1.165) is 46.7 Å². The molecule has 2 aromatic carbocycles. The van der Waals surface area contributed by atoms with Gasteiger partial charge in [-0.05, 0) is 55.3 Å². The monoisotopic (exact) mass is 463 g/mol. The van der Waals surface area contributed by atoms with Crippen molar-refractivity contribution in [1.82, 2.24) is 14.7 Å². The van der Waals surface area contributed by atoms with E-state index in [-0.39, 0.29) is 5.91 Å². The van der Waals surface area contributed by atoms with E-state index >= 15 is 0 Å². The third kappa shape index (κ3) is 4.49. The number of rotatable bonds is 7. The van der Waals surface area contributed by atoms with Gasteiger partial charge in [-0.25, -0.2) is 4.68 Å². The van der Waals surface area contributed by atoms with E-state index in [2.05, 4.69) is 13.0 Å². The van der Waals surface area contributed by atoms with Crippen LogP contribution in [-0.2, 0) is 4.79 Å². The number of carbonyl (C=O) groups excluding carboxylic acids is 1. The Kier molecular flexibility index (Phi) is 6.77. The molecule has 1 saturated heterocycles. The van der Waals surface area contributed by atoms with Gasteiger partial charge in [-0.2, -0.15) is 5.10 Å². The number of thioether (sulfide) groups is 1. The van der Waals surface area contributed by atoms with Crippen LogP contribution in [0, 0.1) is 6.92 Å². The van der Waals surface area contributed by atoms with Crippen molar-refractivity contribution in [2.45, 2.75) is 26.7 Å². The topological polar surface area (TPSA) is 47.4 Å². The molecule has 0 N–H and O–H groups in total. The van der Waals surface area contributed by atoms with E-state index in [9.17, 15) is 4.79 Å². The van der Waals surface area contributed by atoms with Gasteiger partial charge in [0.1, 0.15) is 15.8 Å². The van der Waals surface area contributed by atoms with Gasteiger partial charge in [0.25, 0.3) is 5.91 Å². The number of para-hydroxylation sites is 1. The van der Waals surface area contributed by atoms with Crippen LogP contribution in [-0.4, -0.2) is 38.6 Å². The first-order valence-corrected chi connectivity index (χ1v) is 11.8. The minimum Gasteiger partial charge on any atom is -0.496 e. The lowest BCUT2D eigenvalue weighted by Gasteiger charge is -2.13. The van der Waals surface area contributed by atoms with Crippen LogP contribution in [0.25, 0.3) is 23.0 Å². The molecule has 164 valence electrons. The third-order valence-corrected chi connectivity index (χ3v) is 6.70. The number of ether oxygens (including phenoxy) is 1. The largest absolute Gasteiger partial charge is 0.496 e. The lowest BCUT2D eigenvalue weighted by atomic mass is 10.0. The highest BCUT2D eigenvalue weighted by molar-refractivity contribution is 8.26. The van der Waals surface area contributed by atoms with Gasteiger partial charge in [0, 0.05) is 23.9 Å². The molecule has 0 aliphatic carbocycles. The number of aryl methyl sites for hydroxylation is 1. The van der Waals surface area contributed by atoms with Gasteiger partial charge in [-0.15, -0.1) is 0 Å². The van der Waals surface area contributed by atoms with E-state index in [1.807, 2.05) is 66.3 Å². The average molecular weight is 464 g/mol. The molecule has 4 rings (SSSR count). The van der Waals surface area contributed by atoms with Gasteiger partial charge in [0.15, 0.2) is 0 Å². The molecular weight excluding hydrogens is 438 g/mol. The predicted octanol–water partition coefficient (Wildman–Crippen LogP) is 5.86. The smallest absolute Gasteiger partial charge is 0.266 e. The Balaban J connectivity index is 1.78. The number of aromatic nitrogens is 2. The standard InChI is InChI=1S/C25H25N3O2S2/c1-4-5-13-27-24(29)22(32-25(27)31)15-19-16-28(20-9-7-6-8-10-20)26-23(19)18-11-12-21(30-3)17(2)14-18/h6-12,14-16H,4-5,13H2,1-3H3/b22-15+. The summed E-state index contributed by atoms with van der Waals surface area (Å²) in [6.07, 6.45) is 5.82. The van der Waals surface area contributed by atoms with Crippen molar-refractivity contribution < 1.29 is 9.53 Å². The highest BCUT2D eigenvalue weighted by Crippen LogP contribution is 2.35. The first-order valence-electron chi connectivity index (χ1n) is 10.6. The van der Waals surface area contributed by atoms with Crippen LogP contribution in [0.3, 0.4) is 0 Å². The van der Waals surface area contributed by atoms with E-state index < -0.39 is 0 Å². The van der Waals surface area contributed by atoms with Crippen LogP contribution in [0.2, 0.25) is 0 Å². The lowest BCUT2D eigenvalue weighted by Crippen LogP contribution is -2.28. The number of unbranched alkanes of at least 4 members (excludes halogenated alkanes) is 1. The number of amides is 1. The second-order valence-electron chi connectivity index (χ2n) is 7.58. The zero-order chi connectivity index (χ0) is 22.7. The summed E-state index contributed by atoms with van der Waals surface area (Å²) in [6, 6.07) is 15.9.